The lowest BCUT2D eigenvalue weighted by atomic mass is 10.3. The number of esters is 1. The number of amides is 1. The molecular formula is C10H13N3O6. The van der Waals surface area contributed by atoms with E-state index < -0.39 is 22.9 Å². The maximum absolute atomic E-state index is 11.7. The predicted octanol–water partition coefficient (Wildman–Crippen LogP) is -0.803. The highest BCUT2D eigenvalue weighted by atomic mass is 16.6. The van der Waals surface area contributed by atoms with Crippen LogP contribution in [0.2, 0.25) is 0 Å². The van der Waals surface area contributed by atoms with Crippen molar-refractivity contribution in [1.82, 2.24) is 9.88 Å². The van der Waals surface area contributed by atoms with Crippen molar-refractivity contribution in [3.63, 3.8) is 0 Å². The summed E-state index contributed by atoms with van der Waals surface area (Å²) in [6.45, 7) is -0.343. The molecule has 1 aromatic heterocycles. The molecule has 0 radical (unpaired) electrons. The van der Waals surface area contributed by atoms with Crippen molar-refractivity contribution >= 4 is 17.6 Å². The van der Waals surface area contributed by atoms with E-state index >= 15 is 0 Å². The Hall–Kier alpha value is -2.42. The first-order valence-corrected chi connectivity index (χ1v) is 5.21. The minimum atomic E-state index is -1.48. The molecule has 1 heterocycles. The lowest BCUT2D eigenvalue weighted by molar-refractivity contribution is -0.384. The number of ether oxygens (including phenoxy) is 1. The zero-order valence-electron chi connectivity index (χ0n) is 10.3. The second-order valence-electron chi connectivity index (χ2n) is 3.70. The molecule has 0 aromatic carbocycles. The van der Waals surface area contributed by atoms with Gasteiger partial charge in [-0.1, -0.05) is 0 Å². The number of carbonyl (C=O) groups is 2. The largest absolute Gasteiger partial charge is 0.467 e. The molecule has 2 N–H and O–H groups in total. The zero-order valence-corrected chi connectivity index (χ0v) is 10.3. The summed E-state index contributed by atoms with van der Waals surface area (Å²) in [5.41, 5.74) is -0.176. The van der Waals surface area contributed by atoms with E-state index in [1.54, 1.807) is 0 Å². The molecule has 19 heavy (non-hydrogen) atoms. The van der Waals surface area contributed by atoms with Crippen LogP contribution in [-0.4, -0.2) is 46.2 Å². The van der Waals surface area contributed by atoms with Crippen molar-refractivity contribution in [2.24, 2.45) is 7.05 Å². The molecule has 0 aliphatic heterocycles. The van der Waals surface area contributed by atoms with Gasteiger partial charge in [-0.05, 0) is 0 Å². The van der Waals surface area contributed by atoms with Crippen LogP contribution in [0.3, 0.4) is 0 Å². The van der Waals surface area contributed by atoms with Gasteiger partial charge in [0.15, 0.2) is 6.10 Å². The van der Waals surface area contributed by atoms with Crippen molar-refractivity contribution < 1.29 is 24.4 Å². The van der Waals surface area contributed by atoms with Crippen LogP contribution in [0.15, 0.2) is 12.3 Å². The Morgan fingerprint density at radius 3 is 2.74 bits per heavy atom. The number of aryl methyl sites for hydroxylation is 1. The number of nitrogens with zero attached hydrogens (tertiary/aromatic N) is 2. The van der Waals surface area contributed by atoms with Crippen molar-refractivity contribution in [3.05, 3.63) is 28.1 Å². The van der Waals surface area contributed by atoms with E-state index in [1.807, 2.05) is 0 Å². The number of hydrogen-bond acceptors (Lipinski definition) is 6. The van der Waals surface area contributed by atoms with Crippen molar-refractivity contribution in [2.75, 3.05) is 13.7 Å². The van der Waals surface area contributed by atoms with Crippen LogP contribution in [0.1, 0.15) is 10.5 Å². The predicted molar refractivity (Wildman–Crippen MR) is 62.4 cm³/mol. The van der Waals surface area contributed by atoms with Gasteiger partial charge in [0.05, 0.1) is 24.8 Å². The summed E-state index contributed by atoms with van der Waals surface area (Å²) in [5.74, 6) is -1.52. The van der Waals surface area contributed by atoms with Gasteiger partial charge in [-0.3, -0.25) is 14.9 Å². The molecule has 0 bridgehead atoms. The van der Waals surface area contributed by atoms with Crippen LogP contribution in [0.5, 0.6) is 0 Å². The third kappa shape index (κ3) is 3.52. The number of nitro groups is 1. The summed E-state index contributed by atoms with van der Waals surface area (Å²) in [5, 5.41) is 22.1. The first-order valence-electron chi connectivity index (χ1n) is 5.21. The SMILES string of the molecule is COC(=O)C(O)CNC(=O)c1cc([N+](=O)[O-])cn1C. The minimum absolute atomic E-state index is 0.0452. The molecule has 1 unspecified atom stereocenters. The number of nitrogens with one attached hydrogen (secondary N) is 1. The molecular weight excluding hydrogens is 258 g/mol. The van der Waals surface area contributed by atoms with Crippen LogP contribution in [0.25, 0.3) is 0 Å². The van der Waals surface area contributed by atoms with Crippen LogP contribution in [-0.2, 0) is 16.6 Å². The van der Waals surface area contributed by atoms with E-state index in [-0.39, 0.29) is 17.9 Å². The zero-order chi connectivity index (χ0) is 14.6. The fourth-order valence-corrected chi connectivity index (χ4v) is 1.37. The van der Waals surface area contributed by atoms with Gasteiger partial charge in [0.2, 0.25) is 0 Å². The Kier molecular flexibility index (Phi) is 4.59. The van der Waals surface area contributed by atoms with E-state index in [0.29, 0.717) is 0 Å². The summed E-state index contributed by atoms with van der Waals surface area (Å²) in [6, 6.07) is 1.10. The second kappa shape index (κ2) is 5.96. The number of carbonyl (C=O) groups excluding carboxylic acids is 2. The average Bonchev–Trinajstić information content (AvgIpc) is 2.76. The molecule has 1 rings (SSSR count). The van der Waals surface area contributed by atoms with Crippen LogP contribution < -0.4 is 5.32 Å². The molecule has 1 amide bonds. The molecule has 0 saturated heterocycles. The van der Waals surface area contributed by atoms with E-state index in [9.17, 15) is 24.8 Å². The third-order valence-corrected chi connectivity index (χ3v) is 2.36. The van der Waals surface area contributed by atoms with Gasteiger partial charge in [-0.2, -0.15) is 0 Å². The quantitative estimate of drug-likeness (QED) is 0.410. The van der Waals surface area contributed by atoms with E-state index in [0.717, 1.165) is 13.2 Å². The fraction of sp³-hybridized carbons (Fsp3) is 0.400. The number of aliphatic hydroxyl groups excluding tert-OH is 1. The molecule has 1 aromatic rings. The summed E-state index contributed by atoms with van der Waals surface area (Å²) < 4.78 is 5.55. The van der Waals surface area contributed by atoms with Crippen molar-refractivity contribution in [3.8, 4) is 0 Å². The van der Waals surface area contributed by atoms with Gasteiger partial charge in [0, 0.05) is 13.1 Å². The molecule has 0 aliphatic rings. The maximum atomic E-state index is 11.7. The normalized spacial score (nSPS) is 11.7. The molecule has 9 nitrogen and oxygen atoms in total. The van der Waals surface area contributed by atoms with Crippen LogP contribution in [0, 0.1) is 10.1 Å². The van der Waals surface area contributed by atoms with Gasteiger partial charge in [0.1, 0.15) is 5.69 Å². The van der Waals surface area contributed by atoms with Gasteiger partial charge < -0.3 is 19.7 Å². The Labute approximate surface area is 107 Å². The Morgan fingerprint density at radius 2 is 2.26 bits per heavy atom. The average molecular weight is 271 g/mol. The Bertz CT molecular complexity index is 509. The highest BCUT2D eigenvalue weighted by Gasteiger charge is 2.20. The number of aliphatic hydroxyl groups is 1. The van der Waals surface area contributed by atoms with Crippen molar-refractivity contribution in [2.45, 2.75) is 6.10 Å². The fourth-order valence-electron chi connectivity index (χ4n) is 1.37. The van der Waals surface area contributed by atoms with Gasteiger partial charge in [-0.15, -0.1) is 0 Å². The molecule has 104 valence electrons. The summed E-state index contributed by atoms with van der Waals surface area (Å²) >= 11 is 0. The standard InChI is InChI=1S/C10H13N3O6/c1-12-5-6(13(17)18)3-7(12)9(15)11-4-8(14)10(16)19-2/h3,5,8,14H,4H2,1-2H3,(H,11,15). The number of rotatable bonds is 5. The lowest BCUT2D eigenvalue weighted by Gasteiger charge is -2.09. The van der Waals surface area contributed by atoms with Gasteiger partial charge >= 0.3 is 5.97 Å². The van der Waals surface area contributed by atoms with Gasteiger partial charge in [0.25, 0.3) is 11.6 Å². The van der Waals surface area contributed by atoms with Crippen LogP contribution >= 0.6 is 0 Å². The van der Waals surface area contributed by atoms with E-state index in [4.69, 9.17) is 0 Å². The second-order valence-corrected chi connectivity index (χ2v) is 3.70. The molecule has 0 spiro atoms. The Morgan fingerprint density at radius 1 is 1.63 bits per heavy atom. The summed E-state index contributed by atoms with van der Waals surface area (Å²) in [4.78, 5) is 32.5. The maximum Gasteiger partial charge on any atom is 0.336 e. The highest BCUT2D eigenvalue weighted by molar-refractivity contribution is 5.93. The number of hydrogen-bond donors (Lipinski definition) is 2. The van der Waals surface area contributed by atoms with E-state index in [1.165, 1.54) is 17.8 Å². The van der Waals surface area contributed by atoms with E-state index in [2.05, 4.69) is 10.1 Å². The molecule has 0 saturated carbocycles. The molecule has 1 atom stereocenters. The Balaban J connectivity index is 2.68. The molecule has 0 aliphatic carbocycles. The summed E-state index contributed by atoms with van der Waals surface area (Å²) in [7, 11) is 2.58. The van der Waals surface area contributed by atoms with Crippen molar-refractivity contribution in [1.29, 1.82) is 0 Å². The van der Waals surface area contributed by atoms with Gasteiger partial charge in [-0.25, -0.2) is 4.79 Å². The highest BCUT2D eigenvalue weighted by Crippen LogP contribution is 2.14. The van der Waals surface area contributed by atoms with Crippen LogP contribution in [0.4, 0.5) is 5.69 Å². The third-order valence-electron chi connectivity index (χ3n) is 2.36. The minimum Gasteiger partial charge on any atom is -0.467 e. The first kappa shape index (κ1) is 14.6. The number of aromatic nitrogens is 1. The first-order chi connectivity index (χ1) is 8.86. The number of methoxy groups -OCH3 is 1. The topological polar surface area (TPSA) is 124 Å². The summed E-state index contributed by atoms with van der Waals surface area (Å²) in [6.07, 6.45) is -0.296. The molecule has 9 heteroatoms. The smallest absolute Gasteiger partial charge is 0.336 e. The lowest BCUT2D eigenvalue weighted by Crippen LogP contribution is -2.37. The molecule has 0 fully saturated rings. The monoisotopic (exact) mass is 271 g/mol.